The molecule has 24 heavy (non-hydrogen) atoms. The number of nitrogens with two attached hydrogens (primary N) is 1. The van der Waals surface area contributed by atoms with E-state index in [1.54, 1.807) is 10.00 Å². The van der Waals surface area contributed by atoms with E-state index < -0.39 is 24.3 Å². The second kappa shape index (κ2) is 6.14. The molecule has 1 aliphatic carbocycles. The normalized spacial score (nSPS) is 25.4. The Hall–Kier alpha value is -2.00. The van der Waals surface area contributed by atoms with Gasteiger partial charge in [0.05, 0.1) is 24.0 Å². The molecule has 10 heteroatoms. The van der Waals surface area contributed by atoms with Gasteiger partial charge >= 0.3 is 12.1 Å². The Morgan fingerprint density at radius 1 is 1.25 bits per heavy atom. The quantitative estimate of drug-likeness (QED) is 0.816. The molecule has 0 bridgehead atoms. The third-order valence-electron chi connectivity index (χ3n) is 4.38. The van der Waals surface area contributed by atoms with Crippen molar-refractivity contribution in [2.75, 3.05) is 23.7 Å². The van der Waals surface area contributed by atoms with Crippen LogP contribution >= 0.6 is 0 Å². The van der Waals surface area contributed by atoms with Crippen LogP contribution in [0.15, 0.2) is 6.20 Å². The van der Waals surface area contributed by atoms with E-state index in [1.807, 2.05) is 4.90 Å². The number of alkyl halides is 4. The van der Waals surface area contributed by atoms with Gasteiger partial charge in [-0.05, 0) is 25.7 Å². The number of hydrogen-bond acceptors (Lipinski definition) is 4. The Bertz CT molecular complexity index is 613. The molecule has 0 spiro atoms. The average molecular weight is 349 g/mol. The molecule has 3 rings (SSSR count). The van der Waals surface area contributed by atoms with Crippen LogP contribution in [0.25, 0.3) is 0 Å². The lowest BCUT2D eigenvalue weighted by molar-refractivity contribution is -0.174. The number of rotatable bonds is 3. The van der Waals surface area contributed by atoms with Crippen molar-refractivity contribution < 1.29 is 22.4 Å². The number of hydrogen-bond donors (Lipinski definition) is 2. The maximum atomic E-state index is 14.2. The summed E-state index contributed by atoms with van der Waals surface area (Å²) >= 11 is 0. The molecule has 3 N–H and O–H groups in total. The Morgan fingerprint density at radius 2 is 1.92 bits per heavy atom. The summed E-state index contributed by atoms with van der Waals surface area (Å²) in [6, 6.07) is -0.884. The molecule has 1 aliphatic heterocycles. The van der Waals surface area contributed by atoms with Gasteiger partial charge in [-0.3, -0.25) is 4.79 Å². The van der Waals surface area contributed by atoms with Gasteiger partial charge in [0.1, 0.15) is 6.17 Å². The van der Waals surface area contributed by atoms with Crippen LogP contribution in [-0.2, 0) is 4.79 Å². The lowest BCUT2D eigenvalue weighted by atomic mass is 10.1. The van der Waals surface area contributed by atoms with E-state index in [0.717, 1.165) is 12.8 Å². The minimum atomic E-state index is -5.01. The number of aromatic nitrogens is 2. The predicted octanol–water partition coefficient (Wildman–Crippen LogP) is 1.79. The first kappa shape index (κ1) is 16.8. The molecule has 1 aromatic rings. The molecule has 1 aromatic heterocycles. The number of carbonyl (C=O) groups excluding carboxylic acids is 1. The van der Waals surface area contributed by atoms with E-state index in [2.05, 4.69) is 5.10 Å². The summed E-state index contributed by atoms with van der Waals surface area (Å²) < 4.78 is 53.1. The van der Waals surface area contributed by atoms with Crippen LogP contribution in [0, 0.1) is 0 Å². The lowest BCUT2D eigenvalue weighted by Gasteiger charge is -2.24. The summed E-state index contributed by atoms with van der Waals surface area (Å²) in [5.74, 6) is -1.42. The van der Waals surface area contributed by atoms with Crippen LogP contribution in [-0.4, -0.2) is 47.2 Å². The van der Waals surface area contributed by atoms with Gasteiger partial charge < -0.3 is 16.0 Å². The number of amides is 1. The van der Waals surface area contributed by atoms with Crippen molar-refractivity contribution in [2.45, 2.75) is 50.1 Å². The van der Waals surface area contributed by atoms with E-state index in [4.69, 9.17) is 5.73 Å². The number of halogens is 4. The Balaban J connectivity index is 1.70. The van der Waals surface area contributed by atoms with E-state index in [9.17, 15) is 22.4 Å². The Morgan fingerprint density at radius 3 is 2.54 bits per heavy atom. The van der Waals surface area contributed by atoms with E-state index in [0.29, 0.717) is 24.6 Å². The molecule has 2 aliphatic rings. The largest absolute Gasteiger partial charge is 0.471 e. The zero-order valence-corrected chi connectivity index (χ0v) is 12.9. The highest BCUT2D eigenvalue weighted by atomic mass is 19.4. The standard InChI is InChI=1S/C14H19F4N5O/c15-9-3-5-22(6-4-11(9)21-13(24)14(16,17)18)12-10(19)7-20-23(12)8-1-2-8/h7-9,11H,1-6,19H2,(H,21,24). The first-order chi connectivity index (χ1) is 11.3. The number of carbonyl (C=O) groups is 1. The van der Waals surface area contributed by atoms with Crippen molar-refractivity contribution in [1.82, 2.24) is 15.1 Å². The van der Waals surface area contributed by atoms with Crippen molar-refractivity contribution in [3.8, 4) is 0 Å². The van der Waals surface area contributed by atoms with Crippen molar-refractivity contribution in [1.29, 1.82) is 0 Å². The molecule has 0 aromatic carbocycles. The van der Waals surface area contributed by atoms with Gasteiger partial charge in [-0.15, -0.1) is 0 Å². The summed E-state index contributed by atoms with van der Waals surface area (Å²) in [6.45, 7) is 0.605. The number of anilines is 2. The molecule has 0 radical (unpaired) electrons. The van der Waals surface area contributed by atoms with Crippen LogP contribution in [0.1, 0.15) is 31.7 Å². The van der Waals surface area contributed by atoms with Crippen molar-refractivity contribution >= 4 is 17.4 Å². The van der Waals surface area contributed by atoms with Gasteiger partial charge in [0.15, 0.2) is 5.82 Å². The van der Waals surface area contributed by atoms with Gasteiger partial charge in [-0.1, -0.05) is 0 Å². The second-order valence-electron chi connectivity index (χ2n) is 6.26. The monoisotopic (exact) mass is 349 g/mol. The van der Waals surface area contributed by atoms with Gasteiger partial charge in [0, 0.05) is 13.1 Å². The Kier molecular flexibility index (Phi) is 4.31. The summed E-state index contributed by atoms with van der Waals surface area (Å²) in [6.07, 6.45) is -2.94. The molecule has 1 saturated carbocycles. The number of nitrogens with zero attached hydrogens (tertiary/aromatic N) is 3. The maximum Gasteiger partial charge on any atom is 0.471 e. The molecule has 1 saturated heterocycles. The van der Waals surface area contributed by atoms with E-state index >= 15 is 0 Å². The van der Waals surface area contributed by atoms with Gasteiger partial charge in [-0.2, -0.15) is 18.3 Å². The van der Waals surface area contributed by atoms with Crippen molar-refractivity contribution in [3.63, 3.8) is 0 Å². The maximum absolute atomic E-state index is 14.2. The zero-order valence-electron chi connectivity index (χ0n) is 12.9. The molecular weight excluding hydrogens is 330 g/mol. The van der Waals surface area contributed by atoms with Crippen molar-refractivity contribution in [2.24, 2.45) is 0 Å². The molecule has 2 heterocycles. The smallest absolute Gasteiger partial charge is 0.394 e. The van der Waals surface area contributed by atoms with Crippen LogP contribution in [0.4, 0.5) is 29.1 Å². The fourth-order valence-corrected chi connectivity index (χ4v) is 2.98. The predicted molar refractivity (Wildman–Crippen MR) is 79.2 cm³/mol. The highest BCUT2D eigenvalue weighted by Gasteiger charge is 2.41. The molecular formula is C14H19F4N5O. The third-order valence-corrected chi connectivity index (χ3v) is 4.38. The molecule has 2 fully saturated rings. The van der Waals surface area contributed by atoms with E-state index in [-0.39, 0.29) is 18.9 Å². The van der Waals surface area contributed by atoms with Crippen LogP contribution in [0.5, 0.6) is 0 Å². The van der Waals surface area contributed by atoms with Gasteiger partial charge in [0.2, 0.25) is 0 Å². The van der Waals surface area contributed by atoms with Crippen molar-refractivity contribution in [3.05, 3.63) is 6.20 Å². The Labute approximate surface area is 136 Å². The molecule has 2 atom stereocenters. The fourth-order valence-electron chi connectivity index (χ4n) is 2.98. The molecule has 1 amide bonds. The summed E-state index contributed by atoms with van der Waals surface area (Å²) in [5.41, 5.74) is 6.43. The van der Waals surface area contributed by atoms with Crippen LogP contribution in [0.2, 0.25) is 0 Å². The minimum absolute atomic E-state index is 0.0120. The third kappa shape index (κ3) is 3.41. The topological polar surface area (TPSA) is 76.2 Å². The molecule has 6 nitrogen and oxygen atoms in total. The average Bonchev–Trinajstić information content (AvgIpc) is 3.29. The SMILES string of the molecule is Nc1cnn(C2CC2)c1N1CCC(F)C(NC(=O)C(F)(F)F)CC1. The number of nitrogen functional groups attached to an aromatic ring is 1. The van der Waals surface area contributed by atoms with Gasteiger partial charge in [0.25, 0.3) is 0 Å². The summed E-state index contributed by atoms with van der Waals surface area (Å²) in [7, 11) is 0. The summed E-state index contributed by atoms with van der Waals surface area (Å²) in [4.78, 5) is 12.9. The number of nitrogens with one attached hydrogen (secondary N) is 1. The van der Waals surface area contributed by atoms with Gasteiger partial charge in [-0.25, -0.2) is 9.07 Å². The molecule has 2 unspecified atom stereocenters. The first-order valence-corrected chi connectivity index (χ1v) is 7.87. The molecule has 134 valence electrons. The van der Waals surface area contributed by atoms with Crippen LogP contribution in [0.3, 0.4) is 0 Å². The highest BCUT2D eigenvalue weighted by Crippen LogP contribution is 2.40. The van der Waals surface area contributed by atoms with E-state index in [1.165, 1.54) is 6.20 Å². The first-order valence-electron chi connectivity index (χ1n) is 7.87. The van der Waals surface area contributed by atoms with Crippen LogP contribution < -0.4 is 16.0 Å². The zero-order chi connectivity index (χ0) is 17.5. The summed E-state index contributed by atoms with van der Waals surface area (Å²) in [5, 5.41) is 6.00. The minimum Gasteiger partial charge on any atom is -0.394 e. The highest BCUT2D eigenvalue weighted by molar-refractivity contribution is 5.82. The lowest BCUT2D eigenvalue weighted by Crippen LogP contribution is -2.47. The fraction of sp³-hybridized carbons (Fsp3) is 0.714. The second-order valence-corrected chi connectivity index (χ2v) is 6.26.